The van der Waals surface area contributed by atoms with Gasteiger partial charge in [0, 0.05) is 117 Å². The van der Waals surface area contributed by atoms with Gasteiger partial charge in [0.2, 0.25) is 30.1 Å². The Kier molecular flexibility index (Phi) is 34.6. The van der Waals surface area contributed by atoms with Gasteiger partial charge in [0.15, 0.2) is 54.7 Å². The van der Waals surface area contributed by atoms with Gasteiger partial charge in [0.1, 0.15) is 4.90 Å². The number of anilines is 2. The Morgan fingerprint density at radius 1 is 0.449 bits per heavy atom. The van der Waals surface area contributed by atoms with Gasteiger partial charge in [-0.25, -0.2) is 85.5 Å². The Morgan fingerprint density at radius 3 is 1.17 bits per heavy atom. The van der Waals surface area contributed by atoms with Gasteiger partial charge in [0.05, 0.1) is 60.0 Å². The van der Waals surface area contributed by atoms with Crippen molar-refractivity contribution in [2.45, 2.75) is 66.7 Å². The molecule has 2 atom stereocenters. The van der Waals surface area contributed by atoms with E-state index < -0.39 is 52.6 Å². The number of nitrogens with zero attached hydrogens (tertiary/aromatic N) is 9. The number of carbonyl (C=O) groups is 5. The summed E-state index contributed by atoms with van der Waals surface area (Å²) in [4.78, 5) is 111. The number of carbonyl (C=O) groups excluding carboxylic acids is 5. The third-order valence-electron chi connectivity index (χ3n) is 12.8. The third kappa shape index (κ3) is 31.3. The Morgan fingerprint density at radius 2 is 0.804 bits per heavy atom. The van der Waals surface area contributed by atoms with Crippen molar-refractivity contribution >= 4 is 175 Å². The molecule has 5 heterocycles. The van der Waals surface area contributed by atoms with Crippen LogP contribution in [-0.2, 0) is 58.0 Å². The molecular formula is C64H59Cl2N15O16S10-2. The van der Waals surface area contributed by atoms with Crippen LogP contribution < -0.4 is 30.4 Å². The van der Waals surface area contributed by atoms with E-state index in [0.717, 1.165) is 11.8 Å². The van der Waals surface area contributed by atoms with E-state index in [-0.39, 0.29) is 99.1 Å². The molecule has 2 unspecified atom stereocenters. The fourth-order valence-electron chi connectivity index (χ4n) is 7.68. The Bertz CT molecular complexity index is 5200. The quantitative estimate of drug-likeness (QED) is 0.0121. The second-order valence-electron chi connectivity index (χ2n) is 21.6. The highest BCUT2D eigenvalue weighted by atomic mass is 35.5. The molecule has 0 aliphatic heterocycles. The van der Waals surface area contributed by atoms with Crippen LogP contribution in [0.2, 0.25) is 10.0 Å². The summed E-state index contributed by atoms with van der Waals surface area (Å²) in [6, 6.07) is 33.7. The fraction of sp³-hybridized carbons (Fsp3) is 0.141. The molecule has 5 aromatic carbocycles. The van der Waals surface area contributed by atoms with Gasteiger partial charge in [-0.15, -0.1) is 0 Å². The number of ketones is 5. The minimum Gasteiger partial charge on any atom is -0.755 e. The van der Waals surface area contributed by atoms with Crippen molar-refractivity contribution < 1.29 is 66.7 Å². The minimum atomic E-state index is -3.90. The molecule has 0 aliphatic carbocycles. The van der Waals surface area contributed by atoms with Gasteiger partial charge in [-0.3, -0.25) is 37.2 Å². The molecule has 0 spiro atoms. The minimum absolute atomic E-state index is 0.0203. The summed E-state index contributed by atoms with van der Waals surface area (Å²) in [5.41, 5.74) is 2.47. The number of hydrogen-bond donors (Lipinski definition) is 6. The van der Waals surface area contributed by atoms with Crippen LogP contribution in [0.5, 0.6) is 0 Å². The lowest BCUT2D eigenvalue weighted by Crippen LogP contribution is -2.20. The van der Waals surface area contributed by atoms with Crippen molar-refractivity contribution in [2.24, 2.45) is 15.4 Å². The molecule has 0 saturated carbocycles. The van der Waals surface area contributed by atoms with Crippen molar-refractivity contribution in [1.82, 2.24) is 49.8 Å². The summed E-state index contributed by atoms with van der Waals surface area (Å²) in [7, 11) is -11.4. The number of Topliss-reactive ketones (excluding diaryl/α,β-unsaturated/α-hetero) is 5. The predicted molar refractivity (Wildman–Crippen MR) is 408 cm³/mol. The average molecular weight is 1690 g/mol. The van der Waals surface area contributed by atoms with Crippen LogP contribution in [-0.4, -0.2) is 150 Å². The fourth-order valence-corrected chi connectivity index (χ4v) is 14.3. The zero-order chi connectivity index (χ0) is 78.5. The van der Waals surface area contributed by atoms with E-state index in [1.807, 2.05) is 20.8 Å². The standard InChI is InChI=1S/C16H19N3O4S2.2C12H10ClN3O3S2.2C12H11N3O3S2/c1-16(2,3)13-8-14(21)19-15(18-13)24-9-12(20)10-4-6-11(7-5-10)25(17,22)23;13-9-6-8(2-3-11(9)21(14,18)19)10(17)7-20-12-15-4-1-5-16-12;13-9-3-2-8(6-10(9)16-21(18)19)11(17)7-20-12-14-4-1-5-15-12;13-20(17,18)10-4-2-9(3-5-10)11(16)8-19-12-14-6-1-7-15-12;16-11(8-19-12-13-5-2-6-14-12)9-3-1-4-10(7-9)15-20(17)18/h4-8H,9H2,1-3H3,(H2,17,22,23)(H,18,19,21);1-6H,7H2,(H2,14,18,19);1-6,16H,7H2,(H,18,19);1-7H,8H2,(H2,13,17,18);1-7,15H,8H2,(H,17,18)/p-2. The molecule has 0 amide bonds. The molecule has 43 heteroatoms. The van der Waals surface area contributed by atoms with E-state index >= 15 is 0 Å². The number of hydrogen-bond acceptors (Lipinski definition) is 30. The third-order valence-corrected chi connectivity index (χ3v) is 21.5. The molecule has 5 aromatic heterocycles. The molecule has 562 valence electrons. The summed E-state index contributed by atoms with van der Waals surface area (Å²) < 4.78 is 114. The molecule has 0 fully saturated rings. The highest BCUT2D eigenvalue weighted by Gasteiger charge is 2.21. The normalized spacial score (nSPS) is 11.7. The van der Waals surface area contributed by atoms with E-state index in [9.17, 15) is 71.5 Å². The average Bonchev–Trinajstić information content (AvgIpc) is 0.798. The topological polar surface area (TPSA) is 519 Å². The van der Waals surface area contributed by atoms with Crippen LogP contribution in [0.4, 0.5) is 11.4 Å². The number of thioether (sulfide) groups is 5. The van der Waals surface area contributed by atoms with Crippen LogP contribution in [0, 0.1) is 0 Å². The van der Waals surface area contributed by atoms with Gasteiger partial charge in [-0.1, -0.05) is 139 Å². The Hall–Kier alpha value is -8.47. The Labute approximate surface area is 649 Å². The summed E-state index contributed by atoms with van der Waals surface area (Å²) in [5, 5.41) is 17.5. The molecule has 0 aliphatic rings. The van der Waals surface area contributed by atoms with Crippen molar-refractivity contribution in [2.75, 3.05) is 38.2 Å². The molecule has 9 N–H and O–H groups in total. The smallest absolute Gasteiger partial charge is 0.251 e. The molecule has 31 nitrogen and oxygen atoms in total. The molecule has 10 rings (SSSR count). The first kappa shape index (κ1) is 87.4. The molecule has 10 aromatic rings. The number of benzene rings is 5. The second-order valence-corrected chi connectivity index (χ2v) is 33.2. The zero-order valence-electron chi connectivity index (χ0n) is 55.6. The van der Waals surface area contributed by atoms with Gasteiger partial charge in [0.25, 0.3) is 5.56 Å². The van der Waals surface area contributed by atoms with E-state index in [2.05, 4.69) is 59.3 Å². The van der Waals surface area contributed by atoms with Crippen molar-refractivity contribution in [3.05, 3.63) is 243 Å². The first-order chi connectivity index (χ1) is 50.5. The first-order valence-electron chi connectivity index (χ1n) is 29.7. The molecular weight excluding hydrogens is 1630 g/mol. The van der Waals surface area contributed by atoms with Crippen LogP contribution in [0.15, 0.2) is 234 Å². The summed E-state index contributed by atoms with van der Waals surface area (Å²) in [5.74, 6) is -0.168. The number of nitrogens with one attached hydrogen (secondary N) is 3. The van der Waals surface area contributed by atoms with Crippen molar-refractivity contribution in [1.29, 1.82) is 0 Å². The number of halogens is 2. The van der Waals surface area contributed by atoms with E-state index in [4.69, 9.17) is 38.6 Å². The van der Waals surface area contributed by atoms with Crippen LogP contribution in [0.3, 0.4) is 0 Å². The Balaban J connectivity index is 0.000000210. The van der Waals surface area contributed by atoms with Crippen LogP contribution in [0.25, 0.3) is 0 Å². The first-order valence-corrected chi connectivity index (χ1v) is 42.2. The number of rotatable bonds is 27. The number of aromatic amines is 1. The highest BCUT2D eigenvalue weighted by Crippen LogP contribution is 2.28. The largest absolute Gasteiger partial charge is 0.755 e. The number of nitrogens with two attached hydrogens (primary N) is 3. The maximum absolute atomic E-state index is 12.2. The number of aromatic nitrogens is 10. The van der Waals surface area contributed by atoms with Crippen molar-refractivity contribution in [3.63, 3.8) is 0 Å². The lowest BCUT2D eigenvalue weighted by Gasteiger charge is -2.17. The van der Waals surface area contributed by atoms with Gasteiger partial charge in [-0.05, 0) is 97.1 Å². The van der Waals surface area contributed by atoms with E-state index in [1.165, 1.54) is 144 Å². The SMILES string of the molecule is CC(C)(C)c1cc(=O)[nH]c(SCC(=O)c2ccc(S(N)(=O)=O)cc2)n1.NS(=O)(=O)c1ccc(C(=O)CSc2ncccn2)cc1.NS(=O)(=O)c1ccc(C(=O)CSc2ncccn2)cc1Cl.O=C(CSc1ncccn1)c1ccc(Cl)c(NS(=O)[O-])c1.O=C(CSc1ncccn1)c1cccc(NS(=O)[O-])c1. The van der Waals surface area contributed by atoms with Gasteiger partial charge >= 0.3 is 0 Å². The van der Waals surface area contributed by atoms with Gasteiger partial charge < -0.3 is 23.5 Å². The van der Waals surface area contributed by atoms with Crippen LogP contribution >= 0.6 is 82.0 Å². The second kappa shape index (κ2) is 42.3. The van der Waals surface area contributed by atoms with Crippen LogP contribution in [0.1, 0.15) is 78.3 Å². The molecule has 0 bridgehead atoms. The lowest BCUT2D eigenvalue weighted by atomic mass is 9.92. The zero-order valence-corrected chi connectivity index (χ0v) is 65.2. The maximum Gasteiger partial charge on any atom is 0.251 e. The number of sulfonamides is 3. The summed E-state index contributed by atoms with van der Waals surface area (Å²) >= 11 is 12.7. The number of H-pyrrole nitrogens is 1. The maximum atomic E-state index is 12.2. The molecule has 0 radical (unpaired) electrons. The lowest BCUT2D eigenvalue weighted by molar-refractivity contribution is 0.101. The monoisotopic (exact) mass is 1680 g/mol. The van der Waals surface area contributed by atoms with Crippen molar-refractivity contribution in [3.8, 4) is 0 Å². The molecule has 0 saturated heterocycles. The van der Waals surface area contributed by atoms with Gasteiger partial charge in [-0.2, -0.15) is 0 Å². The van der Waals surface area contributed by atoms with E-state index in [0.29, 0.717) is 65.0 Å². The highest BCUT2D eigenvalue weighted by molar-refractivity contribution is 8.00. The number of primary sulfonamides is 3. The van der Waals surface area contributed by atoms with E-state index in [1.54, 1.807) is 92.0 Å². The summed E-state index contributed by atoms with van der Waals surface area (Å²) in [6.07, 6.45) is 12.7. The predicted octanol–water partition coefficient (Wildman–Crippen LogP) is 8.51. The molecule has 107 heavy (non-hydrogen) atoms. The summed E-state index contributed by atoms with van der Waals surface area (Å²) in [6.45, 7) is 5.84.